The average molecular weight is 1040 g/mol. The summed E-state index contributed by atoms with van der Waals surface area (Å²) in [6.07, 6.45) is 12.9. The van der Waals surface area contributed by atoms with E-state index in [1.54, 1.807) is 88.9 Å². The second-order valence-electron chi connectivity index (χ2n) is 17.6. The number of carbonyl (C=O) groups excluding carboxylic acids is 2. The number of aromatic nitrogens is 8. The number of aromatic amines is 1. The van der Waals surface area contributed by atoms with Crippen LogP contribution in [-0.2, 0) is 10.0 Å². The Morgan fingerprint density at radius 3 is 1.70 bits per heavy atom. The second-order valence-corrected chi connectivity index (χ2v) is 20.3. The van der Waals surface area contributed by atoms with E-state index in [0.29, 0.717) is 93.7 Å². The van der Waals surface area contributed by atoms with Gasteiger partial charge in [0.25, 0.3) is 21.8 Å². The molecule has 0 bridgehead atoms. The van der Waals surface area contributed by atoms with Crippen LogP contribution in [0.2, 0.25) is 10.0 Å². The van der Waals surface area contributed by atoms with Crippen molar-refractivity contribution in [3.05, 3.63) is 162 Å². The van der Waals surface area contributed by atoms with Gasteiger partial charge in [-0.15, -0.1) is 0 Å². The molecule has 8 heterocycles. The minimum absolute atomic E-state index is 0.0264. The molecule has 9 aromatic rings. The van der Waals surface area contributed by atoms with Gasteiger partial charge in [0, 0.05) is 78.1 Å². The third-order valence-electron chi connectivity index (χ3n) is 12.7. The topological polar surface area (TPSA) is 249 Å². The number of benzene rings is 3. The average Bonchev–Trinajstić information content (AvgIpc) is 4.03. The number of nitrogens with two attached hydrogens (primary N) is 2. The lowest BCUT2D eigenvalue weighted by Gasteiger charge is -2.33. The fourth-order valence-electron chi connectivity index (χ4n) is 9.07. The molecule has 2 saturated heterocycles. The van der Waals surface area contributed by atoms with Crippen LogP contribution in [0.5, 0.6) is 0 Å². The number of rotatable bonds is 10. The van der Waals surface area contributed by atoms with Gasteiger partial charge >= 0.3 is 0 Å². The monoisotopic (exact) mass is 1030 g/mol. The SMILES string of the molecule is Nc1ccc(C(=O)N2CCC[C@@H](Nc3ncc(Cl)c(-c4c[nH]c5ccccc45)n3)C2)nc1.Nc1ccc(C(=O)N2CCC[C@@H](Nc3ncc(Cl)c(-c4cn(S(=O)(=O)c5ccccc5)c5ccccc45)n3)C2)nc1. The summed E-state index contributed by atoms with van der Waals surface area (Å²) in [6, 6.07) is 30.0. The molecule has 18 nitrogen and oxygen atoms in total. The quantitative estimate of drug-likeness (QED) is 0.0860. The number of para-hydroxylation sites is 2. The van der Waals surface area contributed by atoms with Crippen LogP contribution in [0.3, 0.4) is 0 Å². The van der Waals surface area contributed by atoms with Crippen molar-refractivity contribution >= 4 is 90.1 Å². The zero-order valence-electron chi connectivity index (χ0n) is 39.1. The van der Waals surface area contributed by atoms with Gasteiger partial charge in [-0.05, 0) is 74.2 Å². The number of nitrogen functional groups attached to an aromatic ring is 2. The van der Waals surface area contributed by atoms with Crippen molar-refractivity contribution in [1.82, 2.24) is 48.7 Å². The normalized spacial score (nSPS) is 15.9. The highest BCUT2D eigenvalue weighted by Crippen LogP contribution is 2.37. The molecule has 2 amide bonds. The smallest absolute Gasteiger partial charge is 0.272 e. The van der Waals surface area contributed by atoms with Crippen molar-refractivity contribution in [1.29, 1.82) is 0 Å². The number of halogens is 2. The van der Waals surface area contributed by atoms with Gasteiger partial charge < -0.3 is 36.9 Å². The Bertz CT molecular complexity index is 3580. The number of pyridine rings is 2. The molecule has 6 aromatic heterocycles. The first kappa shape index (κ1) is 48.5. The van der Waals surface area contributed by atoms with Gasteiger partial charge in [0.2, 0.25) is 11.9 Å². The highest BCUT2D eigenvalue weighted by atomic mass is 35.5. The van der Waals surface area contributed by atoms with Crippen LogP contribution in [0.25, 0.3) is 44.3 Å². The van der Waals surface area contributed by atoms with Crippen molar-refractivity contribution in [2.75, 3.05) is 48.3 Å². The van der Waals surface area contributed by atoms with E-state index in [0.717, 1.165) is 42.1 Å². The van der Waals surface area contributed by atoms with Gasteiger partial charge in [0.05, 0.1) is 68.0 Å². The fourth-order valence-corrected chi connectivity index (χ4v) is 10.8. The first-order chi connectivity index (χ1) is 35.4. The number of carbonyl (C=O) groups is 2. The molecule has 370 valence electrons. The maximum atomic E-state index is 13.6. The number of hydrogen-bond donors (Lipinski definition) is 5. The molecule has 2 fully saturated rings. The summed E-state index contributed by atoms with van der Waals surface area (Å²) in [4.78, 5) is 59.3. The van der Waals surface area contributed by atoms with E-state index in [1.807, 2.05) is 42.6 Å². The zero-order valence-corrected chi connectivity index (χ0v) is 41.4. The highest BCUT2D eigenvalue weighted by molar-refractivity contribution is 7.90. The van der Waals surface area contributed by atoms with Gasteiger partial charge in [-0.3, -0.25) is 9.59 Å². The third-order valence-corrected chi connectivity index (χ3v) is 14.9. The minimum atomic E-state index is -3.87. The van der Waals surface area contributed by atoms with Crippen molar-refractivity contribution in [3.8, 4) is 22.5 Å². The fraction of sp³-hybridized carbons (Fsp3) is 0.192. The number of anilines is 4. The minimum Gasteiger partial charge on any atom is -0.397 e. The van der Waals surface area contributed by atoms with Crippen LogP contribution >= 0.6 is 23.2 Å². The Labute approximate surface area is 429 Å². The molecule has 21 heteroatoms. The highest BCUT2D eigenvalue weighted by Gasteiger charge is 2.29. The van der Waals surface area contributed by atoms with Crippen molar-refractivity contribution in [2.24, 2.45) is 0 Å². The van der Waals surface area contributed by atoms with E-state index in [1.165, 1.54) is 22.6 Å². The molecule has 0 radical (unpaired) electrons. The summed E-state index contributed by atoms with van der Waals surface area (Å²) in [7, 11) is -3.87. The van der Waals surface area contributed by atoms with E-state index in [-0.39, 0.29) is 33.8 Å². The van der Waals surface area contributed by atoms with Crippen LogP contribution in [0.1, 0.15) is 46.7 Å². The Morgan fingerprint density at radius 1 is 0.616 bits per heavy atom. The maximum absolute atomic E-state index is 13.6. The third kappa shape index (κ3) is 10.5. The van der Waals surface area contributed by atoms with Crippen molar-refractivity contribution in [3.63, 3.8) is 0 Å². The van der Waals surface area contributed by atoms with Crippen LogP contribution < -0.4 is 22.1 Å². The van der Waals surface area contributed by atoms with Crippen molar-refractivity contribution in [2.45, 2.75) is 42.7 Å². The summed E-state index contributed by atoms with van der Waals surface area (Å²) in [5, 5.41) is 9.21. The van der Waals surface area contributed by atoms with E-state index in [9.17, 15) is 18.0 Å². The van der Waals surface area contributed by atoms with Gasteiger partial charge in [-0.2, -0.15) is 0 Å². The van der Waals surface area contributed by atoms with Gasteiger partial charge in [-0.25, -0.2) is 42.3 Å². The molecule has 3 aromatic carbocycles. The number of likely N-dealkylation sites (tertiary alicyclic amines) is 2. The van der Waals surface area contributed by atoms with Crippen LogP contribution in [0.15, 0.2) is 145 Å². The molecule has 2 aliphatic heterocycles. The second kappa shape index (κ2) is 20.9. The van der Waals surface area contributed by atoms with E-state index < -0.39 is 10.0 Å². The Hall–Kier alpha value is -8.13. The number of amides is 2. The predicted molar refractivity (Wildman–Crippen MR) is 284 cm³/mol. The lowest BCUT2D eigenvalue weighted by atomic mass is 10.1. The number of nitrogens with zero attached hydrogens (tertiary/aromatic N) is 9. The van der Waals surface area contributed by atoms with Crippen LogP contribution in [0, 0.1) is 0 Å². The Kier molecular flexibility index (Phi) is 13.9. The summed E-state index contributed by atoms with van der Waals surface area (Å²) in [6.45, 7) is 2.29. The number of H-pyrrole nitrogens is 1. The summed E-state index contributed by atoms with van der Waals surface area (Å²) >= 11 is 13.0. The van der Waals surface area contributed by atoms with E-state index in [4.69, 9.17) is 44.6 Å². The molecule has 7 N–H and O–H groups in total. The molecular formula is C52H48Cl2N14O4S. The first-order valence-corrected chi connectivity index (χ1v) is 25.7. The number of piperidine rings is 2. The summed E-state index contributed by atoms with van der Waals surface area (Å²) in [5.41, 5.74) is 17.2. The molecule has 0 aliphatic carbocycles. The summed E-state index contributed by atoms with van der Waals surface area (Å²) < 4.78 is 28.4. The molecule has 2 aliphatic rings. The molecule has 0 spiro atoms. The van der Waals surface area contributed by atoms with Crippen LogP contribution in [-0.4, -0.2) is 107 Å². The zero-order chi connectivity index (χ0) is 50.6. The van der Waals surface area contributed by atoms with Crippen molar-refractivity contribution < 1.29 is 18.0 Å². The number of fused-ring (bicyclic) bond motifs is 2. The first-order valence-electron chi connectivity index (χ1n) is 23.5. The lowest BCUT2D eigenvalue weighted by molar-refractivity contribution is 0.0702. The lowest BCUT2D eigenvalue weighted by Crippen LogP contribution is -2.45. The number of hydrogen-bond acceptors (Lipinski definition) is 14. The Morgan fingerprint density at radius 2 is 1.14 bits per heavy atom. The Balaban J connectivity index is 0.000000173. The molecule has 11 rings (SSSR count). The van der Waals surface area contributed by atoms with Crippen LogP contribution in [0.4, 0.5) is 23.3 Å². The van der Waals surface area contributed by atoms with Gasteiger partial charge in [0.15, 0.2) is 0 Å². The molecule has 73 heavy (non-hydrogen) atoms. The summed E-state index contributed by atoms with van der Waals surface area (Å²) in [5.74, 6) is 0.548. The van der Waals surface area contributed by atoms with Gasteiger partial charge in [0.1, 0.15) is 11.4 Å². The molecule has 0 unspecified atom stereocenters. The van der Waals surface area contributed by atoms with E-state index in [2.05, 4.69) is 35.6 Å². The standard InChI is InChI=1S/C29H26ClN7O3S.C23H22ClN7O/c30-24-16-33-29(34-20-7-6-14-36(17-20)28(38)25-13-12-19(31)15-32-25)35-27(24)23-18-37(26-11-5-4-10-22(23)26)41(39,40)21-8-2-1-3-9-21;24-18-12-28-23(30-21(18)17-11-27-19-6-2-1-5-16(17)19)29-15-4-3-9-31(13-15)22(32)20-8-7-14(25)10-26-20/h1-5,8-13,15-16,18,20H,6-7,14,17,31H2,(H,33,34,35);1-2,5-8,10-12,15,27H,3-4,9,13,25H2,(H,28,29,30)/t20-;15-/m11/s1. The number of nitrogens with one attached hydrogen (secondary N) is 3. The van der Waals surface area contributed by atoms with E-state index >= 15 is 0 Å². The van der Waals surface area contributed by atoms with Gasteiger partial charge in [-0.1, -0.05) is 77.8 Å². The largest absolute Gasteiger partial charge is 0.397 e. The predicted octanol–water partition coefficient (Wildman–Crippen LogP) is 8.65. The molecule has 0 saturated carbocycles. The maximum Gasteiger partial charge on any atom is 0.272 e. The molecule has 2 atom stereocenters. The molecular weight excluding hydrogens is 988 g/mol.